The third-order valence-corrected chi connectivity index (χ3v) is 15.3. The van der Waals surface area contributed by atoms with E-state index in [1.165, 1.54) is 29.6 Å². The average molecular weight is 884 g/mol. The van der Waals surface area contributed by atoms with Crippen molar-refractivity contribution in [3.63, 3.8) is 0 Å². The zero-order chi connectivity index (χ0) is 42.0. The fraction of sp³-hybridized carbons (Fsp3) is 0.289. The van der Waals surface area contributed by atoms with Crippen LogP contribution in [0.1, 0.15) is 34.3 Å². The molecule has 3 heterocycles. The molecule has 0 aromatic heterocycles. The lowest BCUT2D eigenvalue weighted by molar-refractivity contribution is 0.0981. The third kappa shape index (κ3) is 9.29. The SMILES string of the molecule is CN(C)CC[C@H](CSc1ccccc1)N1C=NS(=O)(=O)c2cc(S(=O)(=O)NC(=O)c3ccc4c(c3)CC[C@H]3CN(Cc5ccccc5-c5ccc(Cl)cc5)CCN43)ccc21. The summed E-state index contributed by atoms with van der Waals surface area (Å²) in [4.78, 5) is 22.9. The summed E-state index contributed by atoms with van der Waals surface area (Å²) in [6.07, 6.45) is 3.67. The number of rotatable bonds is 13. The Labute approximate surface area is 362 Å². The van der Waals surface area contributed by atoms with E-state index in [-0.39, 0.29) is 21.4 Å². The first-order valence-corrected chi connectivity index (χ1v) is 24.2. The van der Waals surface area contributed by atoms with E-state index in [9.17, 15) is 21.6 Å². The van der Waals surface area contributed by atoms with Crippen molar-refractivity contribution in [2.75, 3.05) is 55.8 Å². The molecule has 3 aliphatic heterocycles. The van der Waals surface area contributed by atoms with Crippen molar-refractivity contribution < 1.29 is 21.6 Å². The molecule has 60 heavy (non-hydrogen) atoms. The zero-order valence-corrected chi connectivity index (χ0v) is 36.7. The Morgan fingerprint density at radius 1 is 0.933 bits per heavy atom. The lowest BCUT2D eigenvalue weighted by atomic mass is 9.92. The molecule has 0 radical (unpaired) electrons. The molecule has 0 bridgehead atoms. The van der Waals surface area contributed by atoms with E-state index in [0.717, 1.165) is 73.3 Å². The van der Waals surface area contributed by atoms with Crippen LogP contribution in [0, 0.1) is 0 Å². The Bertz CT molecular complexity index is 2630. The van der Waals surface area contributed by atoms with Crippen LogP contribution in [0.15, 0.2) is 134 Å². The van der Waals surface area contributed by atoms with Gasteiger partial charge in [-0.25, -0.2) is 13.1 Å². The number of amides is 1. The molecule has 0 saturated carbocycles. The van der Waals surface area contributed by atoms with Crippen LogP contribution in [-0.4, -0.2) is 97.0 Å². The number of benzene rings is 5. The van der Waals surface area contributed by atoms with Gasteiger partial charge >= 0.3 is 0 Å². The van der Waals surface area contributed by atoms with E-state index in [1.54, 1.807) is 23.9 Å². The van der Waals surface area contributed by atoms with Gasteiger partial charge < -0.3 is 14.7 Å². The molecule has 15 heteroatoms. The van der Waals surface area contributed by atoms with Gasteiger partial charge in [0.2, 0.25) is 0 Å². The van der Waals surface area contributed by atoms with Crippen molar-refractivity contribution in [3.05, 3.63) is 137 Å². The van der Waals surface area contributed by atoms with E-state index in [4.69, 9.17) is 11.6 Å². The van der Waals surface area contributed by atoms with Crippen LogP contribution in [0.5, 0.6) is 0 Å². The summed E-state index contributed by atoms with van der Waals surface area (Å²) in [7, 11) is -4.71. The van der Waals surface area contributed by atoms with Crippen molar-refractivity contribution in [2.24, 2.45) is 4.40 Å². The normalized spacial score (nSPS) is 17.8. The van der Waals surface area contributed by atoms with E-state index in [1.807, 2.05) is 67.5 Å². The molecular weight excluding hydrogens is 836 g/mol. The summed E-state index contributed by atoms with van der Waals surface area (Å²) < 4.78 is 60.1. The van der Waals surface area contributed by atoms with Crippen LogP contribution in [0.25, 0.3) is 11.1 Å². The van der Waals surface area contributed by atoms with E-state index in [2.05, 4.69) is 60.2 Å². The van der Waals surface area contributed by atoms with Crippen molar-refractivity contribution in [1.29, 1.82) is 0 Å². The number of fused-ring (bicyclic) bond motifs is 4. The van der Waals surface area contributed by atoms with Gasteiger partial charge in [0.1, 0.15) is 11.2 Å². The molecule has 2 atom stereocenters. The van der Waals surface area contributed by atoms with Gasteiger partial charge in [0.25, 0.3) is 26.0 Å². The third-order valence-electron chi connectivity index (χ3n) is 11.4. The number of hydrogen-bond acceptors (Lipinski definition) is 10. The zero-order valence-electron chi connectivity index (χ0n) is 33.4. The number of anilines is 2. The number of thioether (sulfide) groups is 1. The second-order valence-corrected chi connectivity index (χ2v) is 20.5. The van der Waals surface area contributed by atoms with Crippen molar-refractivity contribution >= 4 is 67.0 Å². The van der Waals surface area contributed by atoms with Gasteiger partial charge in [-0.2, -0.15) is 8.42 Å². The molecule has 8 rings (SSSR count). The Balaban J connectivity index is 0.947. The van der Waals surface area contributed by atoms with Crippen LogP contribution >= 0.6 is 23.4 Å². The molecule has 1 fully saturated rings. The molecule has 0 spiro atoms. The van der Waals surface area contributed by atoms with E-state index < -0.39 is 26.0 Å². The van der Waals surface area contributed by atoms with Gasteiger partial charge in [-0.1, -0.05) is 66.2 Å². The minimum atomic E-state index is -4.46. The number of aryl methyl sites for hydroxylation is 1. The molecule has 1 saturated heterocycles. The van der Waals surface area contributed by atoms with E-state index >= 15 is 0 Å². The molecule has 312 valence electrons. The molecule has 5 aromatic carbocycles. The summed E-state index contributed by atoms with van der Waals surface area (Å²) in [5.41, 5.74) is 6.20. The van der Waals surface area contributed by atoms with Crippen LogP contribution in [0.2, 0.25) is 5.02 Å². The smallest absolute Gasteiger partial charge is 0.285 e. The maximum absolute atomic E-state index is 13.7. The quantitative estimate of drug-likeness (QED) is 0.120. The molecule has 1 amide bonds. The Hall–Kier alpha value is -4.70. The van der Waals surface area contributed by atoms with Gasteiger partial charge in [-0.05, 0) is 123 Å². The lowest BCUT2D eigenvalue weighted by Gasteiger charge is -2.46. The topological polar surface area (TPSA) is 123 Å². The summed E-state index contributed by atoms with van der Waals surface area (Å²) >= 11 is 7.81. The molecule has 0 aliphatic carbocycles. The average Bonchev–Trinajstić information content (AvgIpc) is 3.24. The first-order chi connectivity index (χ1) is 28.8. The highest BCUT2D eigenvalue weighted by molar-refractivity contribution is 7.99. The summed E-state index contributed by atoms with van der Waals surface area (Å²) in [6, 6.07) is 35.8. The van der Waals surface area contributed by atoms with Crippen LogP contribution < -0.4 is 14.5 Å². The van der Waals surface area contributed by atoms with Gasteiger partial charge in [0, 0.05) is 65.2 Å². The highest BCUT2D eigenvalue weighted by atomic mass is 35.5. The van der Waals surface area contributed by atoms with Crippen LogP contribution in [0.4, 0.5) is 11.4 Å². The van der Waals surface area contributed by atoms with Crippen LogP contribution in [0.3, 0.4) is 0 Å². The number of sulfonamides is 2. The summed E-state index contributed by atoms with van der Waals surface area (Å²) in [5, 5.41) is 0.713. The van der Waals surface area contributed by atoms with Crippen LogP contribution in [-0.2, 0) is 33.0 Å². The number of piperazine rings is 1. The first kappa shape index (κ1) is 42.0. The second-order valence-electron chi connectivity index (χ2n) is 15.7. The highest BCUT2D eigenvalue weighted by Crippen LogP contribution is 2.37. The van der Waals surface area contributed by atoms with Crippen molar-refractivity contribution in [2.45, 2.75) is 52.6 Å². The highest BCUT2D eigenvalue weighted by Gasteiger charge is 2.34. The van der Waals surface area contributed by atoms with Gasteiger partial charge in [-0.3, -0.25) is 9.69 Å². The number of carbonyl (C=O) groups excluding carboxylic acids is 1. The van der Waals surface area contributed by atoms with E-state index in [0.29, 0.717) is 28.9 Å². The Morgan fingerprint density at radius 3 is 2.47 bits per heavy atom. The minimum Gasteiger partial charge on any atom is -0.366 e. The summed E-state index contributed by atoms with van der Waals surface area (Å²) in [6.45, 7) is 4.17. The fourth-order valence-corrected chi connectivity index (χ4v) is 11.5. The number of nitrogens with zero attached hydrogens (tertiary/aromatic N) is 5. The molecule has 11 nitrogen and oxygen atoms in total. The van der Waals surface area contributed by atoms with Crippen molar-refractivity contribution in [1.82, 2.24) is 14.5 Å². The molecular formula is C45H47ClN6O5S3. The number of halogens is 1. The first-order valence-electron chi connectivity index (χ1n) is 19.9. The second kappa shape index (κ2) is 17.7. The lowest BCUT2D eigenvalue weighted by Crippen LogP contribution is -2.54. The Kier molecular flexibility index (Phi) is 12.4. The number of carbonyl (C=O) groups is 1. The molecule has 3 aliphatic rings. The molecule has 0 unspecified atom stereocenters. The van der Waals surface area contributed by atoms with Gasteiger partial charge in [0.05, 0.1) is 10.6 Å². The predicted octanol–water partition coefficient (Wildman–Crippen LogP) is 7.41. The monoisotopic (exact) mass is 882 g/mol. The standard InChI is InChI=1S/C45H47ClN6O5S3/c1-49(2)23-22-38(30-58-39-9-4-3-5-10-39)52-31-47-60(56,57)44-27-40(19-21-43(44)52)59(54,55)48-45(53)34-15-20-42-33(26-34)14-18-37-29-50(24-25-51(37)42)28-35-8-6-7-11-41(35)32-12-16-36(46)17-13-32/h3-13,15-17,19-21,26-27,31,37-38H,14,18,22-25,28-30H2,1-2H3,(H,48,53)/t37-,38+/m0/s1. The van der Waals surface area contributed by atoms with Gasteiger partial charge in [0.15, 0.2) is 0 Å². The Morgan fingerprint density at radius 2 is 1.68 bits per heavy atom. The molecule has 5 aromatic rings. The number of hydrogen-bond donors (Lipinski definition) is 1. The maximum atomic E-state index is 13.7. The predicted molar refractivity (Wildman–Crippen MR) is 241 cm³/mol. The maximum Gasteiger partial charge on any atom is 0.285 e. The van der Waals surface area contributed by atoms with Gasteiger partial charge in [-0.15, -0.1) is 16.2 Å². The fourth-order valence-electron chi connectivity index (χ4n) is 8.23. The van der Waals surface area contributed by atoms with Crippen molar-refractivity contribution in [3.8, 4) is 11.1 Å². The minimum absolute atomic E-state index is 0.149. The number of nitrogens with one attached hydrogen (secondary N) is 1. The largest absolute Gasteiger partial charge is 0.366 e. The molecule has 1 N–H and O–H groups in total. The summed E-state index contributed by atoms with van der Waals surface area (Å²) in [5.74, 6) is -0.149.